The number of carbonyl (C=O) groups excluding carboxylic acids is 1. The lowest BCUT2D eigenvalue weighted by Crippen LogP contribution is -2.35. The fraction of sp³-hybridized carbons (Fsp3) is 0.333. The van der Waals surface area contributed by atoms with E-state index in [0.29, 0.717) is 46.5 Å². The van der Waals surface area contributed by atoms with Gasteiger partial charge in [0, 0.05) is 45.0 Å². The van der Waals surface area contributed by atoms with Gasteiger partial charge in [0.15, 0.2) is 22.9 Å². The fourth-order valence-electron chi connectivity index (χ4n) is 4.25. The van der Waals surface area contributed by atoms with Crippen LogP contribution < -0.4 is 5.32 Å². The molecule has 160 valence electrons. The summed E-state index contributed by atoms with van der Waals surface area (Å²) in [6, 6.07) is 2.12. The predicted molar refractivity (Wildman–Crippen MR) is 113 cm³/mol. The molecule has 1 N–H and O–H groups in total. The van der Waals surface area contributed by atoms with Crippen LogP contribution in [0.1, 0.15) is 16.8 Å². The number of fused-ring (bicyclic) bond motifs is 5. The normalized spacial score (nSPS) is 15.7. The molecule has 1 aromatic carbocycles. The summed E-state index contributed by atoms with van der Waals surface area (Å²) in [5.74, 6) is -2.17. The minimum absolute atomic E-state index is 0.188. The number of imidazole rings is 1. The molecule has 1 saturated heterocycles. The molecule has 0 bridgehead atoms. The second-order valence-corrected chi connectivity index (χ2v) is 7.73. The SMILES string of the molecule is CNc1c(C(=O)N2CCCN(C)CC2)c2nc3cc(F)c(F)cc3n2c2ncncc12. The smallest absolute Gasteiger partial charge is 0.259 e. The number of nitrogens with zero attached hydrogens (tertiary/aromatic N) is 6. The minimum atomic E-state index is -0.993. The molecular formula is C21H21F2N7O. The van der Waals surface area contributed by atoms with Gasteiger partial charge in [-0.1, -0.05) is 0 Å². The van der Waals surface area contributed by atoms with Crippen molar-refractivity contribution < 1.29 is 13.6 Å². The Balaban J connectivity index is 1.85. The maximum atomic E-state index is 14.1. The molecule has 8 nitrogen and oxygen atoms in total. The van der Waals surface area contributed by atoms with Crippen molar-refractivity contribution in [3.8, 4) is 0 Å². The van der Waals surface area contributed by atoms with E-state index in [9.17, 15) is 13.6 Å². The van der Waals surface area contributed by atoms with Gasteiger partial charge in [-0.3, -0.25) is 9.20 Å². The van der Waals surface area contributed by atoms with Crippen LogP contribution in [0.15, 0.2) is 24.7 Å². The van der Waals surface area contributed by atoms with Crippen LogP contribution in [0, 0.1) is 11.6 Å². The third-order valence-electron chi connectivity index (χ3n) is 5.81. The largest absolute Gasteiger partial charge is 0.387 e. The molecule has 0 spiro atoms. The number of hydrogen-bond acceptors (Lipinski definition) is 6. The number of hydrogen-bond donors (Lipinski definition) is 1. The van der Waals surface area contributed by atoms with Crippen LogP contribution in [0.3, 0.4) is 0 Å². The van der Waals surface area contributed by atoms with E-state index < -0.39 is 11.6 Å². The van der Waals surface area contributed by atoms with E-state index in [1.807, 2.05) is 7.05 Å². The Kier molecular flexibility index (Phi) is 4.66. The Morgan fingerprint density at radius 2 is 1.90 bits per heavy atom. The lowest BCUT2D eigenvalue weighted by Gasteiger charge is -2.23. The van der Waals surface area contributed by atoms with Crippen molar-refractivity contribution in [2.45, 2.75) is 6.42 Å². The second kappa shape index (κ2) is 7.38. The third kappa shape index (κ3) is 3.05. The van der Waals surface area contributed by atoms with E-state index in [4.69, 9.17) is 0 Å². The van der Waals surface area contributed by atoms with Crippen molar-refractivity contribution in [2.24, 2.45) is 0 Å². The monoisotopic (exact) mass is 425 g/mol. The molecule has 0 radical (unpaired) electrons. The summed E-state index contributed by atoms with van der Waals surface area (Å²) < 4.78 is 29.6. The highest BCUT2D eigenvalue weighted by Gasteiger charge is 2.28. The van der Waals surface area contributed by atoms with Crippen molar-refractivity contribution in [2.75, 3.05) is 45.6 Å². The maximum absolute atomic E-state index is 14.1. The summed E-state index contributed by atoms with van der Waals surface area (Å²) in [6.45, 7) is 2.87. The van der Waals surface area contributed by atoms with Gasteiger partial charge < -0.3 is 15.1 Å². The zero-order valence-electron chi connectivity index (χ0n) is 17.2. The predicted octanol–water partition coefficient (Wildman–Crippen LogP) is 2.53. The van der Waals surface area contributed by atoms with Gasteiger partial charge >= 0.3 is 0 Å². The topological polar surface area (TPSA) is 78.7 Å². The maximum Gasteiger partial charge on any atom is 0.259 e. The molecule has 0 aliphatic carbocycles. The van der Waals surface area contributed by atoms with Crippen molar-refractivity contribution in [1.29, 1.82) is 0 Å². The molecule has 4 heterocycles. The highest BCUT2D eigenvalue weighted by molar-refractivity contribution is 6.13. The molecule has 5 rings (SSSR count). The standard InChI is InChI=1S/C21H21F2N7O/c1-24-18-12-10-25-11-26-19(12)30-16-9-14(23)13(22)8-15(16)27-20(30)17(18)21(31)29-5-3-4-28(2)6-7-29/h8-11,24H,3-7H2,1-2H3. The first-order valence-electron chi connectivity index (χ1n) is 10.1. The van der Waals surface area contributed by atoms with Crippen LogP contribution in [0.25, 0.3) is 27.7 Å². The van der Waals surface area contributed by atoms with Crippen molar-refractivity contribution in [1.82, 2.24) is 29.2 Å². The number of amides is 1. The Bertz CT molecular complexity index is 1340. The average Bonchev–Trinajstić information content (AvgIpc) is 2.97. The number of rotatable bonds is 2. The van der Waals surface area contributed by atoms with Gasteiger partial charge in [-0.2, -0.15) is 0 Å². The van der Waals surface area contributed by atoms with E-state index in [0.717, 1.165) is 31.6 Å². The van der Waals surface area contributed by atoms with Crippen LogP contribution in [-0.4, -0.2) is 75.3 Å². The van der Waals surface area contributed by atoms with E-state index in [1.165, 1.54) is 6.33 Å². The Labute approximate surface area is 176 Å². The number of anilines is 1. The summed E-state index contributed by atoms with van der Waals surface area (Å²) in [6.07, 6.45) is 3.84. The lowest BCUT2D eigenvalue weighted by molar-refractivity contribution is 0.0765. The lowest BCUT2D eigenvalue weighted by atomic mass is 10.1. The van der Waals surface area contributed by atoms with Crippen LogP contribution >= 0.6 is 0 Å². The molecule has 1 aliphatic heterocycles. The highest BCUT2D eigenvalue weighted by atomic mass is 19.2. The minimum Gasteiger partial charge on any atom is -0.387 e. The first-order valence-corrected chi connectivity index (χ1v) is 10.1. The molecule has 1 fully saturated rings. The van der Waals surface area contributed by atoms with Crippen molar-refractivity contribution >= 4 is 39.3 Å². The van der Waals surface area contributed by atoms with E-state index in [1.54, 1.807) is 22.5 Å². The summed E-state index contributed by atoms with van der Waals surface area (Å²) >= 11 is 0. The van der Waals surface area contributed by atoms with Gasteiger partial charge in [0.2, 0.25) is 0 Å². The van der Waals surface area contributed by atoms with E-state index in [-0.39, 0.29) is 11.4 Å². The summed E-state index contributed by atoms with van der Waals surface area (Å²) in [5.41, 5.74) is 2.23. The number of halogens is 2. The quantitative estimate of drug-likeness (QED) is 0.532. The van der Waals surface area contributed by atoms with Crippen LogP contribution in [0.2, 0.25) is 0 Å². The van der Waals surface area contributed by atoms with Crippen LogP contribution in [-0.2, 0) is 0 Å². The van der Waals surface area contributed by atoms with Gasteiger partial charge in [0.05, 0.1) is 22.1 Å². The van der Waals surface area contributed by atoms with Gasteiger partial charge in [0.1, 0.15) is 11.9 Å². The number of likely N-dealkylation sites (N-methyl/N-ethyl adjacent to an activating group) is 1. The zero-order valence-corrected chi connectivity index (χ0v) is 17.2. The van der Waals surface area contributed by atoms with Gasteiger partial charge in [-0.25, -0.2) is 23.7 Å². The Morgan fingerprint density at radius 1 is 1.10 bits per heavy atom. The summed E-state index contributed by atoms with van der Waals surface area (Å²) in [7, 11) is 3.75. The average molecular weight is 425 g/mol. The number of aromatic nitrogens is 4. The van der Waals surface area contributed by atoms with Gasteiger partial charge in [-0.05, 0) is 20.0 Å². The highest BCUT2D eigenvalue weighted by Crippen LogP contribution is 2.34. The zero-order chi connectivity index (χ0) is 21.7. The molecule has 10 heteroatoms. The molecule has 0 unspecified atom stereocenters. The van der Waals surface area contributed by atoms with Crippen molar-refractivity contribution in [3.63, 3.8) is 0 Å². The van der Waals surface area contributed by atoms with Gasteiger partial charge in [0.25, 0.3) is 5.91 Å². The molecule has 4 aromatic rings. The first kappa shape index (κ1) is 19.6. The molecule has 1 aliphatic rings. The fourth-order valence-corrected chi connectivity index (χ4v) is 4.25. The Morgan fingerprint density at radius 3 is 2.71 bits per heavy atom. The molecule has 3 aromatic heterocycles. The summed E-state index contributed by atoms with van der Waals surface area (Å²) in [4.78, 5) is 30.7. The van der Waals surface area contributed by atoms with Gasteiger partial charge in [-0.15, -0.1) is 0 Å². The van der Waals surface area contributed by atoms with Crippen LogP contribution in [0.5, 0.6) is 0 Å². The van der Waals surface area contributed by atoms with Crippen molar-refractivity contribution in [3.05, 3.63) is 41.9 Å². The van der Waals surface area contributed by atoms with Crippen LogP contribution in [0.4, 0.5) is 14.5 Å². The number of carbonyl (C=O) groups is 1. The third-order valence-corrected chi connectivity index (χ3v) is 5.81. The molecule has 31 heavy (non-hydrogen) atoms. The number of benzene rings is 1. The molecule has 0 saturated carbocycles. The number of pyridine rings is 1. The molecular weight excluding hydrogens is 404 g/mol. The first-order chi connectivity index (χ1) is 15.0. The van der Waals surface area contributed by atoms with E-state index in [2.05, 4.69) is 25.2 Å². The Hall–Kier alpha value is -3.40. The second-order valence-electron chi connectivity index (χ2n) is 7.73. The molecule has 1 amide bonds. The number of nitrogens with one attached hydrogen (secondary N) is 1. The molecule has 0 atom stereocenters. The summed E-state index contributed by atoms with van der Waals surface area (Å²) in [5, 5.41) is 3.70. The van der Waals surface area contributed by atoms with E-state index >= 15 is 0 Å².